The highest BCUT2D eigenvalue weighted by Crippen LogP contribution is 2.28. The Kier molecular flexibility index (Phi) is 8.27. The number of amides is 1. The van der Waals surface area contributed by atoms with Crippen molar-refractivity contribution in [2.45, 2.75) is 19.8 Å². The van der Waals surface area contributed by atoms with Gasteiger partial charge in [-0.2, -0.15) is 5.10 Å². The number of carbonyl (C=O) groups is 1. The van der Waals surface area contributed by atoms with Gasteiger partial charge >= 0.3 is 0 Å². The number of nitrogens with one attached hydrogen (secondary N) is 2. The molecule has 2 aromatic heterocycles. The average Bonchev–Trinajstić information content (AvgIpc) is 2.94. The first kappa shape index (κ1) is 22.6. The van der Waals surface area contributed by atoms with Crippen molar-refractivity contribution in [1.82, 2.24) is 25.4 Å². The van der Waals surface area contributed by atoms with Crippen molar-refractivity contribution in [3.63, 3.8) is 0 Å². The van der Waals surface area contributed by atoms with Crippen LogP contribution in [0, 0.1) is 12.3 Å². The predicted molar refractivity (Wildman–Crippen MR) is 106 cm³/mol. The first-order valence-corrected chi connectivity index (χ1v) is 8.32. The number of carbonyl (C=O) groups excluding carboxylic acids is 1. The smallest absolute Gasteiger partial charge is 0.252 e. The number of nitrogens with zero attached hydrogens (tertiary/aromatic N) is 3. The lowest BCUT2D eigenvalue weighted by Gasteiger charge is -2.37. The molecule has 0 bridgehead atoms. The summed E-state index contributed by atoms with van der Waals surface area (Å²) in [5.41, 5.74) is 2.18. The molecule has 0 atom stereocenters. The zero-order valence-electron chi connectivity index (χ0n) is 15.4. The third-order valence-electron chi connectivity index (χ3n) is 4.82. The molecule has 1 fully saturated rings. The van der Waals surface area contributed by atoms with E-state index in [2.05, 4.69) is 20.7 Å². The molecule has 26 heavy (non-hydrogen) atoms. The minimum absolute atomic E-state index is 0. The van der Waals surface area contributed by atoms with Crippen LogP contribution in [0.1, 0.15) is 28.9 Å². The minimum Gasteiger partial charge on any atom is -0.384 e. The first-order valence-electron chi connectivity index (χ1n) is 8.32. The van der Waals surface area contributed by atoms with E-state index in [1.165, 1.54) is 0 Å². The normalized spacial score (nSPS) is 15.8. The molecule has 1 saturated heterocycles. The van der Waals surface area contributed by atoms with E-state index in [4.69, 9.17) is 4.74 Å². The predicted octanol–water partition coefficient (Wildman–Crippen LogP) is 1.87. The molecule has 2 aromatic rings. The molecule has 3 heterocycles. The van der Waals surface area contributed by atoms with Gasteiger partial charge in [0.15, 0.2) is 5.65 Å². The fraction of sp³-hybridized carbons (Fsp3) is 0.588. The van der Waals surface area contributed by atoms with E-state index in [0.29, 0.717) is 18.7 Å². The summed E-state index contributed by atoms with van der Waals surface area (Å²) in [6.07, 6.45) is 3.70. The van der Waals surface area contributed by atoms with Crippen molar-refractivity contribution in [3.8, 4) is 0 Å². The molecular weight excluding hydrogens is 377 g/mol. The van der Waals surface area contributed by atoms with Crippen molar-refractivity contribution < 1.29 is 9.53 Å². The number of methoxy groups -OCH3 is 1. The number of ether oxygens (including phenoxy) is 1. The highest BCUT2D eigenvalue weighted by atomic mass is 35.5. The number of hydrogen-bond donors (Lipinski definition) is 2. The Morgan fingerprint density at radius 3 is 2.73 bits per heavy atom. The molecular formula is C17H27Cl2N5O2. The van der Waals surface area contributed by atoms with Gasteiger partial charge in [-0.1, -0.05) is 0 Å². The number of halogens is 2. The van der Waals surface area contributed by atoms with Gasteiger partial charge < -0.3 is 15.4 Å². The van der Waals surface area contributed by atoms with Crippen LogP contribution < -0.4 is 10.6 Å². The number of aromatic nitrogens is 3. The maximum absolute atomic E-state index is 12.8. The average molecular weight is 404 g/mol. The van der Waals surface area contributed by atoms with E-state index in [1.807, 2.05) is 20.0 Å². The van der Waals surface area contributed by atoms with Crippen molar-refractivity contribution in [2.24, 2.45) is 12.5 Å². The monoisotopic (exact) mass is 403 g/mol. The molecule has 0 aromatic carbocycles. The van der Waals surface area contributed by atoms with Crippen LogP contribution in [0.5, 0.6) is 0 Å². The quantitative estimate of drug-likeness (QED) is 0.795. The molecule has 3 rings (SSSR count). The van der Waals surface area contributed by atoms with Gasteiger partial charge in [0.2, 0.25) is 0 Å². The lowest BCUT2D eigenvalue weighted by molar-refractivity contribution is 0.0512. The Hall–Kier alpha value is -1.41. The largest absolute Gasteiger partial charge is 0.384 e. The molecule has 2 N–H and O–H groups in total. The van der Waals surface area contributed by atoms with E-state index >= 15 is 0 Å². The van der Waals surface area contributed by atoms with E-state index in [9.17, 15) is 4.79 Å². The highest BCUT2D eigenvalue weighted by Gasteiger charge is 2.32. The van der Waals surface area contributed by atoms with Crippen LogP contribution in [0.4, 0.5) is 0 Å². The molecule has 7 nitrogen and oxygen atoms in total. The SMILES string of the molecule is COCC1(CNC(=O)c2cc(C)nc3c2cnn3C)CCNCC1.Cl.Cl. The van der Waals surface area contributed by atoms with Gasteiger partial charge in [0.05, 0.1) is 23.8 Å². The summed E-state index contributed by atoms with van der Waals surface area (Å²) in [5.74, 6) is -0.0764. The van der Waals surface area contributed by atoms with Crippen LogP contribution in [0.25, 0.3) is 11.0 Å². The number of aryl methyl sites for hydroxylation is 2. The van der Waals surface area contributed by atoms with Gasteiger partial charge in [-0.25, -0.2) is 4.98 Å². The number of pyridine rings is 1. The molecule has 0 unspecified atom stereocenters. The summed E-state index contributed by atoms with van der Waals surface area (Å²) < 4.78 is 7.11. The molecule has 146 valence electrons. The van der Waals surface area contributed by atoms with Crippen molar-refractivity contribution >= 4 is 41.8 Å². The van der Waals surface area contributed by atoms with E-state index in [0.717, 1.165) is 42.7 Å². The molecule has 9 heteroatoms. The fourth-order valence-corrected chi connectivity index (χ4v) is 3.43. The van der Waals surface area contributed by atoms with Crippen LogP contribution in [-0.2, 0) is 11.8 Å². The maximum atomic E-state index is 12.8. The van der Waals surface area contributed by atoms with Crippen molar-refractivity contribution in [1.29, 1.82) is 0 Å². The highest BCUT2D eigenvalue weighted by molar-refractivity contribution is 6.05. The molecule has 1 amide bonds. The second-order valence-corrected chi connectivity index (χ2v) is 6.68. The summed E-state index contributed by atoms with van der Waals surface area (Å²) >= 11 is 0. The summed E-state index contributed by atoms with van der Waals surface area (Å²) in [6, 6.07) is 1.82. The molecule has 0 aliphatic carbocycles. The van der Waals surface area contributed by atoms with Crippen molar-refractivity contribution in [2.75, 3.05) is 33.4 Å². The second kappa shape index (κ2) is 9.50. The standard InChI is InChI=1S/C17H25N5O2.2ClH/c1-12-8-13(14-9-20-22(2)15(14)21-12)16(23)19-10-17(11-24-3)4-6-18-7-5-17;;/h8-9,18H,4-7,10-11H2,1-3H3,(H,19,23);2*1H. The Labute approximate surface area is 166 Å². The zero-order chi connectivity index (χ0) is 17.2. The third kappa shape index (κ3) is 4.65. The van der Waals surface area contributed by atoms with Gasteiger partial charge in [0.1, 0.15) is 0 Å². The molecule has 0 radical (unpaired) electrons. The molecule has 0 spiro atoms. The Balaban J connectivity index is 0.00000169. The van der Waals surface area contributed by atoms with Crippen LogP contribution in [0.15, 0.2) is 12.3 Å². The number of piperidine rings is 1. The van der Waals surface area contributed by atoms with Gasteiger partial charge in [-0.15, -0.1) is 24.8 Å². The third-order valence-corrected chi connectivity index (χ3v) is 4.82. The van der Waals surface area contributed by atoms with Gasteiger partial charge in [0.25, 0.3) is 5.91 Å². The molecule has 0 saturated carbocycles. The number of fused-ring (bicyclic) bond motifs is 1. The number of hydrogen-bond acceptors (Lipinski definition) is 5. The lowest BCUT2D eigenvalue weighted by Crippen LogP contribution is -2.47. The minimum atomic E-state index is -0.0764. The van der Waals surface area contributed by atoms with Crippen LogP contribution in [0.2, 0.25) is 0 Å². The Morgan fingerprint density at radius 2 is 2.08 bits per heavy atom. The lowest BCUT2D eigenvalue weighted by atomic mass is 9.79. The van der Waals surface area contributed by atoms with Gasteiger partial charge in [-0.3, -0.25) is 9.48 Å². The summed E-state index contributed by atoms with van der Waals surface area (Å²) in [5, 5.41) is 11.5. The summed E-state index contributed by atoms with van der Waals surface area (Å²) in [7, 11) is 3.55. The Morgan fingerprint density at radius 1 is 1.38 bits per heavy atom. The van der Waals surface area contributed by atoms with Crippen molar-refractivity contribution in [3.05, 3.63) is 23.5 Å². The maximum Gasteiger partial charge on any atom is 0.252 e. The first-order chi connectivity index (χ1) is 11.5. The van der Waals surface area contributed by atoms with E-state index < -0.39 is 0 Å². The summed E-state index contributed by atoms with van der Waals surface area (Å²) in [4.78, 5) is 17.2. The van der Waals surface area contributed by atoms with Crippen LogP contribution in [-0.4, -0.2) is 54.0 Å². The topological polar surface area (TPSA) is 81.1 Å². The molecule has 1 aliphatic heterocycles. The van der Waals surface area contributed by atoms with E-state index in [1.54, 1.807) is 18.0 Å². The molecule has 1 aliphatic rings. The van der Waals surface area contributed by atoms with Gasteiger partial charge in [0, 0.05) is 31.8 Å². The van der Waals surface area contributed by atoms with E-state index in [-0.39, 0.29) is 36.1 Å². The zero-order valence-corrected chi connectivity index (χ0v) is 17.0. The Bertz CT molecular complexity index is 739. The van der Waals surface area contributed by atoms with Crippen LogP contribution in [0.3, 0.4) is 0 Å². The van der Waals surface area contributed by atoms with Crippen LogP contribution >= 0.6 is 24.8 Å². The second-order valence-electron chi connectivity index (χ2n) is 6.68. The fourth-order valence-electron chi connectivity index (χ4n) is 3.43. The van der Waals surface area contributed by atoms with Gasteiger partial charge in [-0.05, 0) is 38.9 Å². The summed E-state index contributed by atoms with van der Waals surface area (Å²) in [6.45, 7) is 5.08. The number of rotatable bonds is 5.